The van der Waals surface area contributed by atoms with Crippen LogP contribution >= 0.6 is 0 Å². The van der Waals surface area contributed by atoms with Crippen molar-refractivity contribution in [2.24, 2.45) is 0 Å². The van der Waals surface area contributed by atoms with Gasteiger partial charge in [-0.25, -0.2) is 0 Å². The number of likely N-dealkylation sites (N-methyl/N-ethyl adjacent to an activating group) is 1. The second-order valence-electron chi connectivity index (χ2n) is 6.48. The first-order valence-corrected chi connectivity index (χ1v) is 8.57. The third-order valence-corrected chi connectivity index (χ3v) is 4.71. The summed E-state index contributed by atoms with van der Waals surface area (Å²) in [5.74, 6) is 0.0299. The molecule has 6 heteroatoms. The summed E-state index contributed by atoms with van der Waals surface area (Å²) < 4.78 is 5.22. The summed E-state index contributed by atoms with van der Waals surface area (Å²) in [6, 6.07) is 4.82. The van der Waals surface area contributed by atoms with Gasteiger partial charge in [-0.05, 0) is 55.5 Å². The Labute approximate surface area is 147 Å². The molecule has 132 valence electrons. The summed E-state index contributed by atoms with van der Waals surface area (Å²) in [6.45, 7) is 3.07. The first-order chi connectivity index (χ1) is 12.1. The van der Waals surface area contributed by atoms with Crippen LogP contribution in [0, 0.1) is 6.92 Å². The summed E-state index contributed by atoms with van der Waals surface area (Å²) >= 11 is 0. The highest BCUT2D eigenvalue weighted by atomic mass is 16.3. The van der Waals surface area contributed by atoms with Crippen LogP contribution in [0.1, 0.15) is 40.9 Å². The van der Waals surface area contributed by atoms with Crippen LogP contribution < -0.4 is 0 Å². The number of carbonyl (C=O) groups excluding carboxylic acids is 2. The van der Waals surface area contributed by atoms with Crippen LogP contribution in [0.4, 0.5) is 0 Å². The summed E-state index contributed by atoms with van der Waals surface area (Å²) in [6.07, 6.45) is 7.53. The van der Waals surface area contributed by atoms with Gasteiger partial charge in [0.15, 0.2) is 5.76 Å². The number of pyridine rings is 1. The fourth-order valence-electron chi connectivity index (χ4n) is 3.22. The monoisotopic (exact) mass is 341 g/mol. The molecule has 0 radical (unpaired) electrons. The van der Waals surface area contributed by atoms with Crippen molar-refractivity contribution in [2.75, 3.05) is 13.6 Å². The van der Waals surface area contributed by atoms with Crippen molar-refractivity contribution in [3.63, 3.8) is 0 Å². The smallest absolute Gasteiger partial charge is 0.290 e. The molecule has 0 saturated carbocycles. The van der Waals surface area contributed by atoms with E-state index in [9.17, 15) is 9.59 Å². The van der Waals surface area contributed by atoms with Crippen molar-refractivity contribution in [3.05, 3.63) is 53.7 Å². The van der Waals surface area contributed by atoms with Crippen LogP contribution in [0.3, 0.4) is 0 Å². The minimum Gasteiger partial charge on any atom is -0.459 e. The summed E-state index contributed by atoms with van der Waals surface area (Å²) in [7, 11) is 1.78. The van der Waals surface area contributed by atoms with E-state index in [1.807, 2.05) is 13.0 Å². The third kappa shape index (κ3) is 3.73. The number of hydrogen-bond donors (Lipinski definition) is 0. The molecule has 2 amide bonds. The van der Waals surface area contributed by atoms with Crippen molar-refractivity contribution in [1.29, 1.82) is 0 Å². The number of nitrogens with zero attached hydrogens (tertiary/aromatic N) is 3. The zero-order valence-electron chi connectivity index (χ0n) is 14.6. The number of likely N-dealkylation sites (tertiary alicyclic amines) is 1. The van der Waals surface area contributed by atoms with Gasteiger partial charge in [0.1, 0.15) is 6.04 Å². The molecule has 0 spiro atoms. The number of hydrogen-bond acceptors (Lipinski definition) is 4. The summed E-state index contributed by atoms with van der Waals surface area (Å²) in [4.78, 5) is 33.1. The van der Waals surface area contributed by atoms with Gasteiger partial charge in [-0.1, -0.05) is 0 Å². The van der Waals surface area contributed by atoms with E-state index in [1.165, 1.54) is 6.26 Å². The fraction of sp³-hybridized carbons (Fsp3) is 0.421. The summed E-state index contributed by atoms with van der Waals surface area (Å²) in [5.41, 5.74) is 2.11. The zero-order valence-corrected chi connectivity index (χ0v) is 14.6. The molecule has 25 heavy (non-hydrogen) atoms. The first-order valence-electron chi connectivity index (χ1n) is 8.57. The normalized spacial score (nSPS) is 17.4. The van der Waals surface area contributed by atoms with E-state index >= 15 is 0 Å². The molecule has 1 saturated heterocycles. The van der Waals surface area contributed by atoms with Crippen LogP contribution in [0.2, 0.25) is 0 Å². The Balaban J connectivity index is 1.74. The van der Waals surface area contributed by atoms with E-state index in [4.69, 9.17) is 4.42 Å². The number of rotatable bonds is 4. The van der Waals surface area contributed by atoms with Gasteiger partial charge in [-0.2, -0.15) is 0 Å². The zero-order chi connectivity index (χ0) is 17.8. The van der Waals surface area contributed by atoms with Crippen molar-refractivity contribution >= 4 is 11.8 Å². The Hall–Kier alpha value is -2.63. The lowest BCUT2D eigenvalue weighted by molar-refractivity contribution is -0.136. The molecule has 1 fully saturated rings. The molecule has 0 aromatic carbocycles. The van der Waals surface area contributed by atoms with Gasteiger partial charge >= 0.3 is 0 Å². The number of furan rings is 1. The molecule has 6 nitrogen and oxygen atoms in total. The SMILES string of the molecule is Cc1ccncc1CN(C)C(=O)[C@H]1CCCCN1C(=O)c1ccco1. The number of piperidine rings is 1. The maximum atomic E-state index is 13.0. The molecule has 2 aromatic heterocycles. The Bertz CT molecular complexity index is 742. The van der Waals surface area contributed by atoms with Crippen LogP contribution in [0.25, 0.3) is 0 Å². The maximum Gasteiger partial charge on any atom is 0.290 e. The lowest BCUT2D eigenvalue weighted by Gasteiger charge is -2.36. The van der Waals surface area contributed by atoms with Crippen LogP contribution in [-0.4, -0.2) is 46.2 Å². The number of aryl methyl sites for hydroxylation is 1. The van der Waals surface area contributed by atoms with E-state index < -0.39 is 6.04 Å². The molecule has 0 N–H and O–H groups in total. The Morgan fingerprint density at radius 2 is 2.20 bits per heavy atom. The molecule has 1 atom stereocenters. The molecular formula is C19H23N3O3. The highest BCUT2D eigenvalue weighted by Crippen LogP contribution is 2.22. The summed E-state index contributed by atoms with van der Waals surface area (Å²) in [5, 5.41) is 0. The van der Waals surface area contributed by atoms with Gasteiger partial charge in [-0.3, -0.25) is 14.6 Å². The Morgan fingerprint density at radius 1 is 1.36 bits per heavy atom. The average molecular weight is 341 g/mol. The van der Waals surface area contributed by atoms with Gasteiger partial charge in [0.2, 0.25) is 5.91 Å². The number of carbonyl (C=O) groups is 2. The van der Waals surface area contributed by atoms with Gasteiger partial charge in [-0.15, -0.1) is 0 Å². The van der Waals surface area contributed by atoms with Crippen LogP contribution in [0.15, 0.2) is 41.3 Å². The van der Waals surface area contributed by atoms with E-state index in [1.54, 1.807) is 41.4 Å². The second-order valence-corrected chi connectivity index (χ2v) is 6.48. The second kappa shape index (κ2) is 7.51. The van der Waals surface area contributed by atoms with Gasteiger partial charge in [0, 0.05) is 32.5 Å². The molecule has 0 aliphatic carbocycles. The average Bonchev–Trinajstić information content (AvgIpc) is 3.17. The minimum absolute atomic E-state index is 0.0390. The van der Waals surface area contributed by atoms with E-state index in [2.05, 4.69) is 4.98 Å². The van der Waals surface area contributed by atoms with Crippen LogP contribution in [-0.2, 0) is 11.3 Å². The number of aromatic nitrogens is 1. The standard InChI is InChI=1S/C19H23N3O3/c1-14-8-9-20-12-15(14)13-21(2)18(23)16-6-3-4-10-22(16)19(24)17-7-5-11-25-17/h5,7-9,11-12,16H,3-4,6,10,13H2,1-2H3/t16-/m1/s1. The predicted octanol–water partition coefficient (Wildman–Crippen LogP) is 2.64. The maximum absolute atomic E-state index is 13.0. The Kier molecular flexibility index (Phi) is 5.16. The fourth-order valence-corrected chi connectivity index (χ4v) is 3.22. The van der Waals surface area contributed by atoms with E-state index in [-0.39, 0.29) is 17.6 Å². The van der Waals surface area contributed by atoms with E-state index in [0.29, 0.717) is 19.5 Å². The third-order valence-electron chi connectivity index (χ3n) is 4.71. The van der Waals surface area contributed by atoms with Crippen molar-refractivity contribution in [1.82, 2.24) is 14.8 Å². The highest BCUT2D eigenvalue weighted by Gasteiger charge is 2.35. The van der Waals surface area contributed by atoms with Crippen molar-refractivity contribution in [2.45, 2.75) is 38.8 Å². The molecule has 2 aromatic rings. The van der Waals surface area contributed by atoms with Crippen LogP contribution in [0.5, 0.6) is 0 Å². The quantitative estimate of drug-likeness (QED) is 0.857. The molecule has 3 heterocycles. The molecular weight excluding hydrogens is 318 g/mol. The Morgan fingerprint density at radius 3 is 2.92 bits per heavy atom. The topological polar surface area (TPSA) is 66.7 Å². The molecule has 3 rings (SSSR count). The lowest BCUT2D eigenvalue weighted by atomic mass is 10.00. The lowest BCUT2D eigenvalue weighted by Crippen LogP contribution is -2.52. The minimum atomic E-state index is -0.437. The van der Waals surface area contributed by atoms with Crippen molar-refractivity contribution in [3.8, 4) is 0 Å². The predicted molar refractivity (Wildman–Crippen MR) is 92.8 cm³/mol. The van der Waals surface area contributed by atoms with Gasteiger partial charge in [0.05, 0.1) is 6.26 Å². The molecule has 1 aliphatic rings. The van der Waals surface area contributed by atoms with Gasteiger partial charge < -0.3 is 14.2 Å². The molecule has 0 bridgehead atoms. The number of amides is 2. The molecule has 0 unspecified atom stereocenters. The van der Waals surface area contributed by atoms with E-state index in [0.717, 1.165) is 24.0 Å². The molecule has 1 aliphatic heterocycles. The van der Waals surface area contributed by atoms with Crippen molar-refractivity contribution < 1.29 is 14.0 Å². The largest absolute Gasteiger partial charge is 0.459 e. The highest BCUT2D eigenvalue weighted by molar-refractivity contribution is 5.95. The van der Waals surface area contributed by atoms with Gasteiger partial charge in [0.25, 0.3) is 5.91 Å². The first kappa shape index (κ1) is 17.2.